The van der Waals surface area contributed by atoms with Gasteiger partial charge in [0.15, 0.2) is 0 Å². The van der Waals surface area contributed by atoms with Crippen molar-refractivity contribution in [1.82, 2.24) is 5.32 Å². The van der Waals surface area contributed by atoms with Crippen LogP contribution in [0.3, 0.4) is 0 Å². The monoisotopic (exact) mass is 346 g/mol. The van der Waals surface area contributed by atoms with Crippen LogP contribution < -0.4 is 11.1 Å². The van der Waals surface area contributed by atoms with Gasteiger partial charge in [-0.25, -0.2) is 0 Å². The Hall–Kier alpha value is -1.81. The van der Waals surface area contributed by atoms with Gasteiger partial charge in [-0.2, -0.15) is 0 Å². The molecule has 0 aliphatic carbocycles. The molecule has 0 spiro atoms. The lowest BCUT2D eigenvalue weighted by Gasteiger charge is -2.09. The smallest absolute Gasteiger partial charge is 0.251 e. The van der Waals surface area contributed by atoms with Crippen LogP contribution in [-0.2, 0) is 6.54 Å². The molecule has 0 aromatic heterocycles. The lowest BCUT2D eigenvalue weighted by atomic mass is 10.0. The maximum atomic E-state index is 12.1. The number of anilines is 1. The van der Waals surface area contributed by atoms with Gasteiger partial charge in [0.05, 0.1) is 0 Å². The predicted molar refractivity (Wildman–Crippen MR) is 90.3 cm³/mol. The summed E-state index contributed by atoms with van der Waals surface area (Å²) in [5.74, 6) is 0.384. The van der Waals surface area contributed by atoms with Crippen LogP contribution in [-0.4, -0.2) is 5.91 Å². The molecule has 0 radical (unpaired) electrons. The molecule has 2 aromatic carbocycles. The van der Waals surface area contributed by atoms with Crippen molar-refractivity contribution in [2.45, 2.75) is 26.3 Å². The van der Waals surface area contributed by atoms with Gasteiger partial charge in [0.25, 0.3) is 5.91 Å². The second-order valence-corrected chi connectivity index (χ2v) is 6.27. The Balaban J connectivity index is 2.00. The third-order valence-corrected chi connectivity index (χ3v) is 3.74. The fourth-order valence-corrected chi connectivity index (χ4v) is 2.56. The SMILES string of the molecule is CC(C)c1ccc(CNC(=O)c2cc(N)cc(Br)c2)cc1. The van der Waals surface area contributed by atoms with Crippen molar-refractivity contribution < 1.29 is 4.79 Å². The lowest BCUT2D eigenvalue weighted by molar-refractivity contribution is 0.0951. The minimum atomic E-state index is -0.129. The molecule has 0 heterocycles. The summed E-state index contributed by atoms with van der Waals surface area (Å²) in [5, 5.41) is 2.90. The number of nitrogens with one attached hydrogen (secondary N) is 1. The number of nitrogen functional groups attached to an aromatic ring is 1. The summed E-state index contributed by atoms with van der Waals surface area (Å²) in [6, 6.07) is 13.5. The molecule has 3 nitrogen and oxygen atoms in total. The minimum absolute atomic E-state index is 0.129. The number of halogens is 1. The summed E-state index contributed by atoms with van der Waals surface area (Å²) in [4.78, 5) is 12.1. The topological polar surface area (TPSA) is 55.1 Å². The molecule has 0 aliphatic rings. The first-order valence-corrected chi connectivity index (χ1v) is 7.68. The number of amides is 1. The third kappa shape index (κ3) is 4.33. The van der Waals surface area contributed by atoms with E-state index in [-0.39, 0.29) is 5.91 Å². The Morgan fingerprint density at radius 1 is 1.19 bits per heavy atom. The number of carbonyl (C=O) groups excluding carboxylic acids is 1. The Kier molecular flexibility index (Phi) is 5.02. The normalized spacial score (nSPS) is 10.7. The predicted octanol–water partition coefficient (Wildman–Crippen LogP) is 4.08. The molecule has 1 amide bonds. The Morgan fingerprint density at radius 2 is 1.86 bits per heavy atom. The maximum absolute atomic E-state index is 12.1. The van der Waals surface area contributed by atoms with Gasteiger partial charge >= 0.3 is 0 Å². The van der Waals surface area contributed by atoms with Gasteiger partial charge in [-0.05, 0) is 35.2 Å². The van der Waals surface area contributed by atoms with E-state index in [0.717, 1.165) is 10.0 Å². The van der Waals surface area contributed by atoms with Gasteiger partial charge in [0.2, 0.25) is 0 Å². The maximum Gasteiger partial charge on any atom is 0.251 e. The van der Waals surface area contributed by atoms with E-state index >= 15 is 0 Å². The largest absolute Gasteiger partial charge is 0.399 e. The van der Waals surface area contributed by atoms with Crippen LogP contribution in [0.4, 0.5) is 5.69 Å². The highest BCUT2D eigenvalue weighted by atomic mass is 79.9. The molecular weight excluding hydrogens is 328 g/mol. The molecule has 110 valence electrons. The van der Waals surface area contributed by atoms with Crippen LogP contribution in [0.25, 0.3) is 0 Å². The minimum Gasteiger partial charge on any atom is -0.399 e. The Labute approximate surface area is 133 Å². The Morgan fingerprint density at radius 3 is 2.43 bits per heavy atom. The van der Waals surface area contributed by atoms with Crippen LogP contribution in [0, 0.1) is 0 Å². The number of benzene rings is 2. The van der Waals surface area contributed by atoms with E-state index in [1.165, 1.54) is 5.56 Å². The van der Waals surface area contributed by atoms with Gasteiger partial charge < -0.3 is 11.1 Å². The van der Waals surface area contributed by atoms with E-state index in [2.05, 4.69) is 47.2 Å². The van der Waals surface area contributed by atoms with E-state index in [1.807, 2.05) is 12.1 Å². The molecule has 0 saturated heterocycles. The van der Waals surface area contributed by atoms with E-state index in [0.29, 0.717) is 23.7 Å². The van der Waals surface area contributed by atoms with Crippen LogP contribution in [0.2, 0.25) is 0 Å². The van der Waals surface area contributed by atoms with E-state index in [4.69, 9.17) is 5.73 Å². The van der Waals surface area contributed by atoms with Crippen molar-refractivity contribution in [2.75, 3.05) is 5.73 Å². The van der Waals surface area contributed by atoms with Gasteiger partial charge in [-0.3, -0.25) is 4.79 Å². The van der Waals surface area contributed by atoms with Crippen molar-refractivity contribution in [3.8, 4) is 0 Å². The number of rotatable bonds is 4. The molecule has 3 N–H and O–H groups in total. The van der Waals surface area contributed by atoms with Gasteiger partial charge in [-0.15, -0.1) is 0 Å². The average Bonchev–Trinajstić information content (AvgIpc) is 2.44. The first-order valence-electron chi connectivity index (χ1n) is 6.89. The molecule has 0 aliphatic heterocycles. The summed E-state index contributed by atoms with van der Waals surface area (Å²) >= 11 is 3.34. The van der Waals surface area contributed by atoms with Crippen molar-refractivity contribution >= 4 is 27.5 Å². The van der Waals surface area contributed by atoms with E-state index < -0.39 is 0 Å². The quantitative estimate of drug-likeness (QED) is 0.819. The zero-order chi connectivity index (χ0) is 15.4. The summed E-state index contributed by atoms with van der Waals surface area (Å²) < 4.78 is 0.800. The summed E-state index contributed by atoms with van der Waals surface area (Å²) in [6.07, 6.45) is 0. The molecular formula is C17H19BrN2O. The van der Waals surface area contributed by atoms with E-state index in [9.17, 15) is 4.79 Å². The number of hydrogen-bond acceptors (Lipinski definition) is 2. The summed E-state index contributed by atoms with van der Waals surface area (Å²) in [7, 11) is 0. The fourth-order valence-electron chi connectivity index (χ4n) is 2.05. The van der Waals surface area contributed by atoms with Crippen molar-refractivity contribution in [3.05, 3.63) is 63.6 Å². The fraction of sp³-hybridized carbons (Fsp3) is 0.235. The molecule has 2 rings (SSSR count). The van der Waals surface area contributed by atoms with Gasteiger partial charge in [0.1, 0.15) is 0 Å². The third-order valence-electron chi connectivity index (χ3n) is 3.28. The molecule has 0 bridgehead atoms. The van der Waals surface area contributed by atoms with Crippen LogP contribution in [0.15, 0.2) is 46.9 Å². The highest BCUT2D eigenvalue weighted by Crippen LogP contribution is 2.18. The van der Waals surface area contributed by atoms with Crippen LogP contribution in [0.1, 0.15) is 41.3 Å². The second-order valence-electron chi connectivity index (χ2n) is 5.35. The standard InChI is InChI=1S/C17H19BrN2O/c1-11(2)13-5-3-12(4-6-13)10-20-17(21)14-7-15(18)9-16(19)8-14/h3-9,11H,10,19H2,1-2H3,(H,20,21). The molecule has 0 saturated carbocycles. The van der Waals surface area contributed by atoms with Crippen molar-refractivity contribution in [1.29, 1.82) is 0 Å². The number of hydrogen-bond donors (Lipinski definition) is 2. The average molecular weight is 347 g/mol. The van der Waals surface area contributed by atoms with Crippen LogP contribution in [0.5, 0.6) is 0 Å². The highest BCUT2D eigenvalue weighted by molar-refractivity contribution is 9.10. The van der Waals surface area contributed by atoms with Gasteiger partial charge in [-0.1, -0.05) is 54.0 Å². The molecule has 4 heteroatoms. The number of carbonyl (C=O) groups is 1. The number of nitrogens with two attached hydrogens (primary N) is 1. The van der Waals surface area contributed by atoms with Crippen molar-refractivity contribution in [2.24, 2.45) is 0 Å². The van der Waals surface area contributed by atoms with Gasteiger partial charge in [0, 0.05) is 22.3 Å². The summed E-state index contributed by atoms with van der Waals surface area (Å²) in [5.41, 5.74) is 9.24. The zero-order valence-electron chi connectivity index (χ0n) is 12.2. The van der Waals surface area contributed by atoms with Crippen LogP contribution >= 0.6 is 15.9 Å². The van der Waals surface area contributed by atoms with E-state index in [1.54, 1.807) is 18.2 Å². The molecule has 21 heavy (non-hydrogen) atoms. The molecule has 2 aromatic rings. The lowest BCUT2D eigenvalue weighted by Crippen LogP contribution is -2.22. The first-order chi connectivity index (χ1) is 9.95. The molecule has 0 atom stereocenters. The highest BCUT2D eigenvalue weighted by Gasteiger charge is 2.07. The second kappa shape index (κ2) is 6.76. The summed E-state index contributed by atoms with van der Waals surface area (Å²) in [6.45, 7) is 4.83. The Bertz CT molecular complexity index is 615. The molecule has 0 fully saturated rings. The molecule has 0 unspecified atom stereocenters. The first kappa shape index (κ1) is 15.6. The zero-order valence-corrected chi connectivity index (χ0v) is 13.8. The van der Waals surface area contributed by atoms with Crippen molar-refractivity contribution in [3.63, 3.8) is 0 Å².